The summed E-state index contributed by atoms with van der Waals surface area (Å²) >= 11 is 0. The number of aliphatic carboxylic acids is 2. The first-order valence-electron chi connectivity index (χ1n) is 19.1. The molecule has 0 heterocycles. The summed E-state index contributed by atoms with van der Waals surface area (Å²) in [5.41, 5.74) is 0. The molecule has 2 atom stereocenters. The Morgan fingerprint density at radius 2 is 1.14 bits per heavy atom. The van der Waals surface area contributed by atoms with Gasteiger partial charge in [0.05, 0.1) is 47.0 Å². The molecule has 292 valence electrons. The van der Waals surface area contributed by atoms with Crippen LogP contribution in [0.1, 0.15) is 110 Å². The first-order chi connectivity index (χ1) is 23.2. The van der Waals surface area contributed by atoms with Crippen molar-refractivity contribution >= 4 is 19.5 Å². The minimum Gasteiger partial charge on any atom is -0.480 e. The zero-order valence-corrected chi connectivity index (χ0v) is 33.2. The van der Waals surface area contributed by atoms with Crippen LogP contribution in [-0.2, 0) is 23.2 Å². The Morgan fingerprint density at radius 1 is 0.694 bits per heavy atom. The van der Waals surface area contributed by atoms with E-state index >= 15 is 0 Å². The monoisotopic (exact) mass is 724 g/mol. The van der Waals surface area contributed by atoms with Crippen LogP contribution in [0.15, 0.2) is 0 Å². The Morgan fingerprint density at radius 3 is 1.55 bits per heavy atom. The maximum absolute atomic E-state index is 14.3. The lowest BCUT2D eigenvalue weighted by Crippen LogP contribution is -2.50. The third-order valence-corrected chi connectivity index (χ3v) is 10.8. The van der Waals surface area contributed by atoms with E-state index in [0.29, 0.717) is 43.9 Å². The summed E-state index contributed by atoms with van der Waals surface area (Å²) in [7, 11) is 6.29. The van der Waals surface area contributed by atoms with Crippen LogP contribution in [0, 0.1) is 0 Å². The molecule has 0 bridgehead atoms. The van der Waals surface area contributed by atoms with Gasteiger partial charge in [-0.05, 0) is 33.5 Å². The Hall–Kier alpha value is -1.11. The lowest BCUT2D eigenvalue weighted by Gasteiger charge is -2.35. The molecule has 0 radical (unpaired) electrons. The van der Waals surface area contributed by atoms with Crippen molar-refractivity contribution in [3.05, 3.63) is 0 Å². The lowest BCUT2D eigenvalue weighted by molar-refractivity contribution is -0.870. The second-order valence-electron chi connectivity index (χ2n) is 14.9. The highest BCUT2D eigenvalue weighted by Gasteiger charge is 2.34. The Labute approximate surface area is 299 Å². The smallest absolute Gasteiger partial charge is 0.332 e. The van der Waals surface area contributed by atoms with E-state index in [1.165, 1.54) is 70.6 Å². The van der Waals surface area contributed by atoms with Gasteiger partial charge in [0.15, 0.2) is 0 Å². The van der Waals surface area contributed by atoms with Gasteiger partial charge in [0, 0.05) is 32.3 Å². The molecule has 0 saturated carbocycles. The van der Waals surface area contributed by atoms with E-state index in [9.17, 15) is 24.4 Å². The zero-order chi connectivity index (χ0) is 37.0. The molecule has 49 heavy (non-hydrogen) atoms. The van der Waals surface area contributed by atoms with Gasteiger partial charge in [-0.2, -0.15) is 0 Å². The molecule has 13 heteroatoms. The maximum Gasteiger partial charge on any atom is 0.332 e. The number of hydrogen-bond acceptors (Lipinski definition) is 9. The van der Waals surface area contributed by atoms with Crippen molar-refractivity contribution < 1.29 is 43.0 Å². The fourth-order valence-corrected chi connectivity index (χ4v) is 7.69. The summed E-state index contributed by atoms with van der Waals surface area (Å²) in [5.74, 6) is -1.96. The van der Waals surface area contributed by atoms with Crippen molar-refractivity contribution in [1.82, 2.24) is 14.7 Å². The van der Waals surface area contributed by atoms with Gasteiger partial charge in [0.25, 0.3) is 0 Å². The number of carbonyl (C=O) groups is 2. The molecule has 0 aromatic carbocycles. The van der Waals surface area contributed by atoms with Gasteiger partial charge >= 0.3 is 19.5 Å². The van der Waals surface area contributed by atoms with E-state index in [1.807, 2.05) is 47.1 Å². The van der Waals surface area contributed by atoms with Crippen LogP contribution in [0.3, 0.4) is 0 Å². The topological polar surface area (TPSA) is 140 Å². The molecular formula is C36H76N4O8P+. The predicted octanol–water partition coefficient (Wildman–Crippen LogP) is 5.88. The minimum absolute atomic E-state index is 0.00598. The number of aliphatic hydroxyl groups excluding tert-OH is 1. The molecule has 0 aromatic heterocycles. The van der Waals surface area contributed by atoms with Crippen LogP contribution >= 0.6 is 7.60 Å². The molecule has 0 spiro atoms. The summed E-state index contributed by atoms with van der Waals surface area (Å²) in [5, 5.41) is 28.0. The van der Waals surface area contributed by atoms with Crippen LogP contribution in [-0.4, -0.2) is 160 Å². The molecule has 0 saturated heterocycles. The quantitative estimate of drug-likeness (QED) is 0.0406. The van der Waals surface area contributed by atoms with E-state index in [-0.39, 0.29) is 32.4 Å². The lowest BCUT2D eigenvalue weighted by atomic mass is 10.0. The van der Waals surface area contributed by atoms with Crippen molar-refractivity contribution in [3.8, 4) is 0 Å². The Balaban J connectivity index is 4.97. The number of quaternary nitrogens is 1. The third kappa shape index (κ3) is 30.2. The summed E-state index contributed by atoms with van der Waals surface area (Å²) in [6.07, 6.45) is 19.1. The van der Waals surface area contributed by atoms with Crippen molar-refractivity contribution in [2.24, 2.45) is 0 Å². The van der Waals surface area contributed by atoms with E-state index in [2.05, 4.69) is 0 Å². The van der Waals surface area contributed by atoms with Gasteiger partial charge in [-0.1, -0.05) is 96.8 Å². The maximum atomic E-state index is 14.3. The summed E-state index contributed by atoms with van der Waals surface area (Å²) in [4.78, 5) is 28.9. The van der Waals surface area contributed by atoms with Gasteiger partial charge in [-0.15, -0.1) is 0 Å². The number of carboxylic acids is 2. The van der Waals surface area contributed by atoms with E-state index in [0.717, 1.165) is 32.1 Å². The highest BCUT2D eigenvalue weighted by Crippen LogP contribution is 2.49. The highest BCUT2D eigenvalue weighted by atomic mass is 31.2. The molecule has 2 unspecified atom stereocenters. The van der Waals surface area contributed by atoms with Crippen LogP contribution in [0.2, 0.25) is 0 Å². The van der Waals surface area contributed by atoms with Crippen molar-refractivity contribution in [2.45, 2.75) is 116 Å². The second kappa shape index (κ2) is 29.5. The molecule has 0 aromatic rings. The summed E-state index contributed by atoms with van der Waals surface area (Å²) in [6, 6.07) is -0.528. The van der Waals surface area contributed by atoms with Crippen molar-refractivity contribution in [1.29, 1.82) is 0 Å². The van der Waals surface area contributed by atoms with Crippen LogP contribution in [0.4, 0.5) is 0 Å². The molecule has 0 rings (SSSR count). The molecule has 0 fully saturated rings. The number of likely N-dealkylation sites (N-methyl/N-ethyl adjacent to an activating group) is 3. The van der Waals surface area contributed by atoms with Gasteiger partial charge in [0.2, 0.25) is 0 Å². The SMILES string of the molecule is CCN(CC(=O)O)C(CN(CCN(C)C)CC(=O)O)CP(=O)(OCCCCCCCCCCCCCCCCCCO)OCC[N+](C)(C)C. The normalized spacial score (nSPS) is 14.2. The fourth-order valence-electron chi connectivity index (χ4n) is 5.77. The average molecular weight is 724 g/mol. The first-order valence-corrected chi connectivity index (χ1v) is 20.8. The van der Waals surface area contributed by atoms with Crippen molar-refractivity contribution in [3.63, 3.8) is 0 Å². The molecule has 0 aliphatic rings. The molecule has 12 nitrogen and oxygen atoms in total. The number of carboxylic acid groups (broad SMARTS) is 2. The Kier molecular flexibility index (Phi) is 28.8. The largest absolute Gasteiger partial charge is 0.480 e. The molecular weight excluding hydrogens is 647 g/mol. The van der Waals surface area contributed by atoms with E-state index in [1.54, 1.807) is 9.80 Å². The standard InChI is InChI=1S/C36H75N4O8P/c1-7-39(32-36(44)45)34(30-38(31-35(42)43)25-24-37(2)3)33-49(46,48-29-26-40(4,5)6)47-28-23-21-19-17-15-13-11-9-8-10-12-14-16-18-20-22-27-41/h34,41H,7-33H2,1-6H3,(H-,42,43,44,45)/p+1. The van der Waals surface area contributed by atoms with Gasteiger partial charge in [-0.25, -0.2) is 0 Å². The molecule has 0 aliphatic carbocycles. The van der Waals surface area contributed by atoms with Crippen LogP contribution in [0.5, 0.6) is 0 Å². The van der Waals surface area contributed by atoms with Crippen LogP contribution < -0.4 is 0 Å². The predicted molar refractivity (Wildman–Crippen MR) is 200 cm³/mol. The van der Waals surface area contributed by atoms with E-state index in [4.69, 9.17) is 14.2 Å². The van der Waals surface area contributed by atoms with Gasteiger partial charge < -0.3 is 33.8 Å². The first kappa shape index (κ1) is 47.9. The number of unbranched alkanes of at least 4 members (excludes halogenated alkanes) is 15. The highest BCUT2D eigenvalue weighted by molar-refractivity contribution is 7.53. The Bertz CT molecular complexity index is 874. The summed E-state index contributed by atoms with van der Waals surface area (Å²) in [6.45, 7) is 4.64. The number of nitrogens with zero attached hydrogens (tertiary/aromatic N) is 4. The summed E-state index contributed by atoms with van der Waals surface area (Å²) < 4.78 is 27.0. The number of rotatable bonds is 36. The third-order valence-electron chi connectivity index (χ3n) is 8.78. The van der Waals surface area contributed by atoms with Crippen molar-refractivity contribution in [2.75, 3.05) is 107 Å². The second-order valence-corrected chi connectivity index (χ2v) is 17.0. The van der Waals surface area contributed by atoms with Crippen LogP contribution in [0.25, 0.3) is 0 Å². The average Bonchev–Trinajstić information content (AvgIpc) is 3.00. The van der Waals surface area contributed by atoms with Gasteiger partial charge in [-0.3, -0.25) is 24.0 Å². The van der Waals surface area contributed by atoms with Gasteiger partial charge in [0.1, 0.15) is 13.2 Å². The number of hydrogen-bond donors (Lipinski definition) is 3. The molecule has 0 amide bonds. The molecule has 0 aliphatic heterocycles. The number of aliphatic hydroxyl groups is 1. The fraction of sp³-hybridized carbons (Fsp3) is 0.944. The minimum atomic E-state index is -3.63. The van der Waals surface area contributed by atoms with E-state index < -0.39 is 25.6 Å². The molecule has 3 N–H and O–H groups in total. The zero-order valence-electron chi connectivity index (χ0n) is 32.3.